The van der Waals surface area contributed by atoms with E-state index < -0.39 is 12.0 Å². The first-order valence-electron chi connectivity index (χ1n) is 6.46. The van der Waals surface area contributed by atoms with Crippen molar-refractivity contribution < 1.29 is 14.3 Å². The fraction of sp³-hybridized carbons (Fsp3) is 0.467. The summed E-state index contributed by atoms with van der Waals surface area (Å²) < 4.78 is 4.73. The second-order valence-electron chi connectivity index (χ2n) is 4.76. The Morgan fingerprint density at radius 1 is 1.21 bits per heavy atom. The zero-order chi connectivity index (χ0) is 14.3. The van der Waals surface area contributed by atoms with Gasteiger partial charge in [0.25, 0.3) is 0 Å². The largest absolute Gasteiger partial charge is 0.467 e. The van der Waals surface area contributed by atoms with Gasteiger partial charge in [0.15, 0.2) is 0 Å². The van der Waals surface area contributed by atoms with E-state index >= 15 is 0 Å². The molecule has 0 fully saturated rings. The highest BCUT2D eigenvalue weighted by atomic mass is 16.5. The van der Waals surface area contributed by atoms with Gasteiger partial charge in [0.05, 0.1) is 7.11 Å². The van der Waals surface area contributed by atoms with Crippen LogP contribution in [0.4, 0.5) is 0 Å². The third-order valence-corrected chi connectivity index (χ3v) is 2.89. The number of ether oxygens (including phenoxy) is 1. The summed E-state index contributed by atoms with van der Waals surface area (Å²) in [5.41, 5.74) is 1.13. The maximum absolute atomic E-state index is 11.7. The van der Waals surface area contributed by atoms with Crippen molar-refractivity contribution in [3.8, 4) is 0 Å². The second kappa shape index (κ2) is 7.56. The quantitative estimate of drug-likeness (QED) is 0.798. The molecule has 0 radical (unpaired) electrons. The number of nitrogens with one attached hydrogen (secondary N) is 1. The van der Waals surface area contributed by atoms with Crippen LogP contribution in [0.15, 0.2) is 30.3 Å². The molecule has 1 amide bonds. The van der Waals surface area contributed by atoms with Crippen molar-refractivity contribution in [3.63, 3.8) is 0 Å². The summed E-state index contributed by atoms with van der Waals surface area (Å²) in [5.74, 6) is -0.683. The molecule has 0 spiro atoms. The van der Waals surface area contributed by atoms with Gasteiger partial charge in [-0.05, 0) is 18.4 Å². The Balaban J connectivity index is 2.60. The molecule has 1 atom stereocenters. The molecule has 1 N–H and O–H groups in total. The maximum atomic E-state index is 11.7. The summed E-state index contributed by atoms with van der Waals surface area (Å²) in [6, 6.07) is 9.27. The van der Waals surface area contributed by atoms with E-state index in [1.807, 2.05) is 30.3 Å². The smallest absolute Gasteiger partial charge is 0.328 e. The van der Waals surface area contributed by atoms with E-state index in [1.54, 1.807) is 13.8 Å². The first-order chi connectivity index (χ1) is 9.04. The number of aryl methyl sites for hydroxylation is 1. The monoisotopic (exact) mass is 263 g/mol. The highest BCUT2D eigenvalue weighted by Gasteiger charge is 2.22. The predicted octanol–water partition coefficient (Wildman–Crippen LogP) is 1.93. The van der Waals surface area contributed by atoms with Crippen LogP contribution in [0.5, 0.6) is 0 Å². The number of benzene rings is 1. The zero-order valence-corrected chi connectivity index (χ0v) is 11.7. The van der Waals surface area contributed by atoms with Crippen LogP contribution in [0.25, 0.3) is 0 Å². The van der Waals surface area contributed by atoms with E-state index in [-0.39, 0.29) is 11.8 Å². The lowest BCUT2D eigenvalue weighted by atomic mass is 10.0. The first kappa shape index (κ1) is 15.2. The molecule has 0 aliphatic carbocycles. The van der Waals surface area contributed by atoms with Crippen LogP contribution in [0.3, 0.4) is 0 Å². The molecule has 1 rings (SSSR count). The van der Waals surface area contributed by atoms with Gasteiger partial charge in [0, 0.05) is 5.92 Å². The molecule has 0 saturated heterocycles. The standard InChI is InChI=1S/C15H21NO3/c1-11(2)14(17)16-13(15(18)19-3)10-9-12-7-5-4-6-8-12/h4-8,11,13H,9-10H2,1-3H3,(H,16,17)/t13-/m0/s1. The van der Waals surface area contributed by atoms with E-state index in [2.05, 4.69) is 5.32 Å². The number of carbonyl (C=O) groups is 2. The van der Waals surface area contributed by atoms with Crippen molar-refractivity contribution in [1.82, 2.24) is 5.32 Å². The number of esters is 1. The van der Waals surface area contributed by atoms with Gasteiger partial charge in [-0.2, -0.15) is 0 Å². The van der Waals surface area contributed by atoms with E-state index in [0.717, 1.165) is 12.0 Å². The molecular formula is C15H21NO3. The molecule has 0 aliphatic rings. The Labute approximate surface area is 114 Å². The topological polar surface area (TPSA) is 55.4 Å². The van der Waals surface area contributed by atoms with Crippen LogP contribution in [0.1, 0.15) is 25.8 Å². The van der Waals surface area contributed by atoms with E-state index in [0.29, 0.717) is 6.42 Å². The SMILES string of the molecule is COC(=O)[C@H](CCc1ccccc1)NC(=O)C(C)C. The average molecular weight is 263 g/mol. The molecule has 4 heteroatoms. The van der Waals surface area contributed by atoms with Crippen LogP contribution in [0, 0.1) is 5.92 Å². The summed E-state index contributed by atoms with van der Waals surface area (Å²) in [4.78, 5) is 23.3. The molecule has 19 heavy (non-hydrogen) atoms. The molecule has 104 valence electrons. The fourth-order valence-electron chi connectivity index (χ4n) is 1.69. The molecule has 0 heterocycles. The minimum Gasteiger partial charge on any atom is -0.467 e. The molecule has 4 nitrogen and oxygen atoms in total. The number of hydrogen-bond acceptors (Lipinski definition) is 3. The Bertz CT molecular complexity index is 415. The van der Waals surface area contributed by atoms with Crippen molar-refractivity contribution >= 4 is 11.9 Å². The molecule has 1 aromatic rings. The normalized spacial score (nSPS) is 12.0. The number of carbonyl (C=O) groups excluding carboxylic acids is 2. The van der Waals surface area contributed by atoms with Gasteiger partial charge >= 0.3 is 5.97 Å². The van der Waals surface area contributed by atoms with E-state index in [4.69, 9.17) is 4.74 Å². The third-order valence-electron chi connectivity index (χ3n) is 2.89. The maximum Gasteiger partial charge on any atom is 0.328 e. The number of methoxy groups -OCH3 is 1. The van der Waals surface area contributed by atoms with Gasteiger partial charge in [-0.3, -0.25) is 4.79 Å². The van der Waals surface area contributed by atoms with Gasteiger partial charge in [-0.15, -0.1) is 0 Å². The number of hydrogen-bond donors (Lipinski definition) is 1. The van der Waals surface area contributed by atoms with Crippen molar-refractivity contribution in [2.75, 3.05) is 7.11 Å². The molecule has 0 aliphatic heterocycles. The van der Waals surface area contributed by atoms with Crippen molar-refractivity contribution in [2.45, 2.75) is 32.7 Å². The first-order valence-corrected chi connectivity index (χ1v) is 6.46. The Hall–Kier alpha value is -1.84. The summed E-state index contributed by atoms with van der Waals surface area (Å²) >= 11 is 0. The van der Waals surface area contributed by atoms with Crippen LogP contribution >= 0.6 is 0 Å². The second-order valence-corrected chi connectivity index (χ2v) is 4.76. The van der Waals surface area contributed by atoms with Crippen LogP contribution in [-0.2, 0) is 20.7 Å². The Morgan fingerprint density at radius 3 is 2.37 bits per heavy atom. The molecular weight excluding hydrogens is 242 g/mol. The lowest BCUT2D eigenvalue weighted by Gasteiger charge is -2.17. The highest BCUT2D eigenvalue weighted by Crippen LogP contribution is 2.07. The molecule has 1 aromatic carbocycles. The Kier molecular flexibility index (Phi) is 6.06. The average Bonchev–Trinajstić information content (AvgIpc) is 2.43. The zero-order valence-electron chi connectivity index (χ0n) is 11.7. The van der Waals surface area contributed by atoms with Crippen LogP contribution in [0.2, 0.25) is 0 Å². The van der Waals surface area contributed by atoms with E-state index in [9.17, 15) is 9.59 Å². The summed E-state index contributed by atoms with van der Waals surface area (Å²) in [6.45, 7) is 3.59. The van der Waals surface area contributed by atoms with Gasteiger partial charge in [0.1, 0.15) is 6.04 Å². The highest BCUT2D eigenvalue weighted by molar-refractivity contribution is 5.85. The van der Waals surface area contributed by atoms with Crippen molar-refractivity contribution in [2.24, 2.45) is 5.92 Å². The molecule has 0 bridgehead atoms. The molecule has 0 saturated carbocycles. The number of rotatable bonds is 6. The summed E-state index contributed by atoms with van der Waals surface area (Å²) in [6.07, 6.45) is 1.26. The molecule has 0 aromatic heterocycles. The van der Waals surface area contributed by atoms with Crippen molar-refractivity contribution in [3.05, 3.63) is 35.9 Å². The third kappa shape index (κ3) is 5.12. The summed E-state index contributed by atoms with van der Waals surface area (Å²) in [5, 5.41) is 2.72. The lowest BCUT2D eigenvalue weighted by molar-refractivity contribution is -0.145. The Morgan fingerprint density at radius 2 is 1.84 bits per heavy atom. The fourth-order valence-corrected chi connectivity index (χ4v) is 1.69. The van der Waals surface area contributed by atoms with Gasteiger partial charge in [-0.1, -0.05) is 44.2 Å². The predicted molar refractivity (Wildman–Crippen MR) is 73.5 cm³/mol. The van der Waals surface area contributed by atoms with Gasteiger partial charge in [0.2, 0.25) is 5.91 Å². The minimum absolute atomic E-state index is 0.136. The lowest BCUT2D eigenvalue weighted by Crippen LogP contribution is -2.43. The van der Waals surface area contributed by atoms with Crippen LogP contribution < -0.4 is 5.32 Å². The van der Waals surface area contributed by atoms with Gasteiger partial charge in [-0.25, -0.2) is 4.79 Å². The minimum atomic E-state index is -0.583. The van der Waals surface area contributed by atoms with Crippen molar-refractivity contribution in [1.29, 1.82) is 0 Å². The van der Waals surface area contributed by atoms with E-state index in [1.165, 1.54) is 7.11 Å². The number of amides is 1. The van der Waals surface area contributed by atoms with Gasteiger partial charge < -0.3 is 10.1 Å². The van der Waals surface area contributed by atoms with Crippen LogP contribution in [-0.4, -0.2) is 25.0 Å². The molecule has 0 unspecified atom stereocenters. The summed E-state index contributed by atoms with van der Waals surface area (Å²) in [7, 11) is 1.33.